The van der Waals surface area contributed by atoms with Crippen LogP contribution < -0.4 is 4.57 Å². The van der Waals surface area contributed by atoms with Gasteiger partial charge in [0.2, 0.25) is 5.69 Å². The molecule has 0 atom stereocenters. The van der Waals surface area contributed by atoms with Crippen molar-refractivity contribution in [1.29, 1.82) is 5.26 Å². The Morgan fingerprint density at radius 2 is 2.00 bits per heavy atom. The molecule has 65 valence electrons. The quantitative estimate of drug-likeness (QED) is 0.613. The van der Waals surface area contributed by atoms with Gasteiger partial charge in [-0.15, -0.1) is 0 Å². The first kappa shape index (κ1) is 8.46. The number of pyridine rings is 1. The fraction of sp³-hybridized carbons (Fsp3) is 0. The minimum Gasteiger partial charge on any atom is -0.192 e. The molecule has 0 unspecified atom stereocenters. The van der Waals surface area contributed by atoms with E-state index in [0.717, 1.165) is 5.69 Å². The summed E-state index contributed by atoms with van der Waals surface area (Å²) >= 11 is 0. The molecule has 0 aliphatic rings. The van der Waals surface area contributed by atoms with E-state index in [2.05, 4.69) is 12.1 Å². The normalized spacial score (nSPS) is 9.36. The predicted molar refractivity (Wildman–Crippen MR) is 51.5 cm³/mol. The van der Waals surface area contributed by atoms with Gasteiger partial charge in [-0.2, -0.15) is 9.83 Å². The van der Waals surface area contributed by atoms with E-state index in [1.165, 1.54) is 0 Å². The SMILES string of the molecule is N#Cc1c[c]ccc1-[n+]1ccccc1. The molecule has 1 aromatic carbocycles. The Bertz CT molecular complexity index is 469. The van der Waals surface area contributed by atoms with Gasteiger partial charge in [0, 0.05) is 18.2 Å². The lowest BCUT2D eigenvalue weighted by molar-refractivity contribution is -0.595. The second-order valence-electron chi connectivity index (χ2n) is 2.84. The number of rotatable bonds is 1. The van der Waals surface area contributed by atoms with Crippen LogP contribution in [0.15, 0.2) is 48.8 Å². The topological polar surface area (TPSA) is 27.7 Å². The van der Waals surface area contributed by atoms with Gasteiger partial charge >= 0.3 is 0 Å². The lowest BCUT2D eigenvalue weighted by Crippen LogP contribution is -2.30. The number of nitriles is 1. The van der Waals surface area contributed by atoms with Crippen LogP contribution in [0.5, 0.6) is 0 Å². The molecule has 2 heteroatoms. The van der Waals surface area contributed by atoms with Crippen molar-refractivity contribution in [2.75, 3.05) is 0 Å². The van der Waals surface area contributed by atoms with Crippen LogP contribution in [0.2, 0.25) is 0 Å². The summed E-state index contributed by atoms with van der Waals surface area (Å²) in [5, 5.41) is 8.90. The summed E-state index contributed by atoms with van der Waals surface area (Å²) < 4.78 is 1.91. The van der Waals surface area contributed by atoms with Crippen molar-refractivity contribution in [3.63, 3.8) is 0 Å². The summed E-state index contributed by atoms with van der Waals surface area (Å²) in [5.74, 6) is 0. The molecule has 2 nitrogen and oxygen atoms in total. The zero-order valence-electron chi connectivity index (χ0n) is 7.51. The molecule has 0 aliphatic heterocycles. The molecule has 0 fully saturated rings. The Balaban J connectivity index is 2.58. The van der Waals surface area contributed by atoms with E-state index in [-0.39, 0.29) is 0 Å². The molecule has 14 heavy (non-hydrogen) atoms. The van der Waals surface area contributed by atoms with Crippen molar-refractivity contribution in [2.45, 2.75) is 0 Å². The molecule has 1 aromatic heterocycles. The highest BCUT2D eigenvalue weighted by Gasteiger charge is 2.09. The molecule has 2 aromatic rings. The first-order valence-electron chi connectivity index (χ1n) is 4.28. The van der Waals surface area contributed by atoms with Gasteiger partial charge in [0.15, 0.2) is 12.4 Å². The molecule has 2 rings (SSSR count). The fourth-order valence-electron chi connectivity index (χ4n) is 1.30. The Labute approximate surface area is 82.7 Å². The van der Waals surface area contributed by atoms with Crippen molar-refractivity contribution >= 4 is 0 Å². The average molecular weight is 180 g/mol. The summed E-state index contributed by atoms with van der Waals surface area (Å²) in [5.41, 5.74) is 1.51. The minimum absolute atomic E-state index is 0.628. The summed E-state index contributed by atoms with van der Waals surface area (Å²) in [6, 6.07) is 16.2. The third kappa shape index (κ3) is 1.48. The van der Waals surface area contributed by atoms with Crippen LogP contribution in [0.25, 0.3) is 5.69 Å². The number of hydrogen-bond donors (Lipinski definition) is 0. The first-order valence-corrected chi connectivity index (χ1v) is 4.28. The van der Waals surface area contributed by atoms with Crippen LogP contribution in [0.4, 0.5) is 0 Å². The fourth-order valence-corrected chi connectivity index (χ4v) is 1.30. The lowest BCUT2D eigenvalue weighted by atomic mass is 10.2. The van der Waals surface area contributed by atoms with Gasteiger partial charge in [-0.1, -0.05) is 6.07 Å². The average Bonchev–Trinajstić information content (AvgIpc) is 2.30. The maximum absolute atomic E-state index is 8.90. The maximum atomic E-state index is 8.90. The van der Waals surface area contributed by atoms with Crippen LogP contribution >= 0.6 is 0 Å². The highest BCUT2D eigenvalue weighted by molar-refractivity contribution is 5.42. The maximum Gasteiger partial charge on any atom is 0.228 e. The number of aromatic nitrogens is 1. The summed E-state index contributed by atoms with van der Waals surface area (Å²) in [6.07, 6.45) is 3.83. The summed E-state index contributed by atoms with van der Waals surface area (Å²) in [4.78, 5) is 0. The van der Waals surface area contributed by atoms with Crippen molar-refractivity contribution in [1.82, 2.24) is 0 Å². The Morgan fingerprint density at radius 3 is 2.71 bits per heavy atom. The van der Waals surface area contributed by atoms with Gasteiger partial charge < -0.3 is 0 Å². The number of nitrogens with zero attached hydrogens (tertiary/aromatic N) is 2. The third-order valence-electron chi connectivity index (χ3n) is 1.96. The van der Waals surface area contributed by atoms with Crippen molar-refractivity contribution < 1.29 is 4.57 Å². The zero-order valence-corrected chi connectivity index (χ0v) is 7.51. The van der Waals surface area contributed by atoms with Gasteiger partial charge in [0.25, 0.3) is 0 Å². The van der Waals surface area contributed by atoms with Crippen LogP contribution in [0, 0.1) is 17.4 Å². The standard InChI is InChI=1S/C12H8N2/c13-10-11-6-2-3-7-12(11)14-8-4-1-5-9-14/h1,3-9H/q+1. The van der Waals surface area contributed by atoms with Crippen LogP contribution in [0.1, 0.15) is 5.56 Å². The molecule has 0 saturated carbocycles. The number of benzene rings is 1. The highest BCUT2D eigenvalue weighted by Crippen LogP contribution is 2.05. The molecule has 0 saturated heterocycles. The van der Waals surface area contributed by atoms with Gasteiger partial charge in [-0.05, 0) is 18.2 Å². The largest absolute Gasteiger partial charge is 0.228 e. The minimum atomic E-state index is 0.628. The van der Waals surface area contributed by atoms with Gasteiger partial charge in [-0.3, -0.25) is 0 Å². The second-order valence-corrected chi connectivity index (χ2v) is 2.84. The van der Waals surface area contributed by atoms with Gasteiger partial charge in [-0.25, -0.2) is 0 Å². The van der Waals surface area contributed by atoms with E-state index in [0.29, 0.717) is 5.56 Å². The van der Waals surface area contributed by atoms with Gasteiger partial charge in [0.1, 0.15) is 11.6 Å². The molecule has 1 heterocycles. The van der Waals surface area contributed by atoms with Crippen LogP contribution in [0.3, 0.4) is 0 Å². The zero-order chi connectivity index (χ0) is 9.80. The van der Waals surface area contributed by atoms with Crippen molar-refractivity contribution in [3.8, 4) is 11.8 Å². The molecule has 1 radical (unpaired) electrons. The van der Waals surface area contributed by atoms with Crippen LogP contribution in [-0.4, -0.2) is 0 Å². The molecular weight excluding hydrogens is 172 g/mol. The molecule has 0 bridgehead atoms. The molecule has 0 aliphatic carbocycles. The molecule has 0 spiro atoms. The molecule has 0 N–H and O–H groups in total. The van der Waals surface area contributed by atoms with Crippen molar-refractivity contribution in [2.24, 2.45) is 0 Å². The first-order chi connectivity index (χ1) is 6.92. The summed E-state index contributed by atoms with van der Waals surface area (Å²) in [7, 11) is 0. The van der Waals surface area contributed by atoms with E-state index < -0.39 is 0 Å². The Morgan fingerprint density at radius 1 is 1.21 bits per heavy atom. The highest BCUT2D eigenvalue weighted by atomic mass is 14.9. The number of hydrogen-bond acceptors (Lipinski definition) is 1. The van der Waals surface area contributed by atoms with E-state index in [1.807, 2.05) is 41.2 Å². The monoisotopic (exact) mass is 180 g/mol. The smallest absolute Gasteiger partial charge is 0.192 e. The Kier molecular flexibility index (Phi) is 2.24. The van der Waals surface area contributed by atoms with Crippen LogP contribution in [-0.2, 0) is 0 Å². The Hall–Kier alpha value is -2.14. The van der Waals surface area contributed by atoms with E-state index >= 15 is 0 Å². The third-order valence-corrected chi connectivity index (χ3v) is 1.96. The van der Waals surface area contributed by atoms with Gasteiger partial charge in [0.05, 0.1) is 0 Å². The molecule has 0 amide bonds. The van der Waals surface area contributed by atoms with E-state index in [4.69, 9.17) is 5.26 Å². The van der Waals surface area contributed by atoms with E-state index in [9.17, 15) is 0 Å². The lowest BCUT2D eigenvalue weighted by Gasteiger charge is -1.95. The van der Waals surface area contributed by atoms with Crippen molar-refractivity contribution in [3.05, 3.63) is 60.4 Å². The summed E-state index contributed by atoms with van der Waals surface area (Å²) in [6.45, 7) is 0. The second kappa shape index (κ2) is 3.71. The molecular formula is C12H8N2+. The van der Waals surface area contributed by atoms with E-state index in [1.54, 1.807) is 12.1 Å². The predicted octanol–water partition coefficient (Wildman–Crippen LogP) is 1.64.